The number of halogens is 1. The van der Waals surface area contributed by atoms with Crippen molar-refractivity contribution in [3.63, 3.8) is 0 Å². The van der Waals surface area contributed by atoms with Gasteiger partial charge in [0, 0.05) is 43.6 Å². The van der Waals surface area contributed by atoms with E-state index in [1.54, 1.807) is 41.3 Å². The Labute approximate surface area is 246 Å². The summed E-state index contributed by atoms with van der Waals surface area (Å²) in [7, 11) is -3.55. The van der Waals surface area contributed by atoms with Crippen LogP contribution in [0.5, 0.6) is 0 Å². The number of rotatable bonds is 15. The van der Waals surface area contributed by atoms with Gasteiger partial charge in [0.25, 0.3) is 0 Å². The quantitative estimate of drug-likeness (QED) is 0.230. The maximum atomic E-state index is 13.8. The van der Waals surface area contributed by atoms with Crippen LogP contribution in [0.3, 0.4) is 0 Å². The van der Waals surface area contributed by atoms with Crippen LogP contribution in [0.4, 0.5) is 0 Å². The van der Waals surface area contributed by atoms with E-state index < -0.39 is 16.1 Å². The number of benzene rings is 3. The number of aryl methyl sites for hydroxylation is 1. The first-order chi connectivity index (χ1) is 19.7. The molecule has 0 bridgehead atoms. The van der Waals surface area contributed by atoms with Gasteiger partial charge in [0.2, 0.25) is 21.8 Å². The lowest BCUT2D eigenvalue weighted by Crippen LogP contribution is -2.50. The Hall–Kier alpha value is -3.24. The second kappa shape index (κ2) is 14.6. The van der Waals surface area contributed by atoms with Crippen molar-refractivity contribution in [1.29, 1.82) is 0 Å². The lowest BCUT2D eigenvalue weighted by atomic mass is 10.0. The summed E-state index contributed by atoms with van der Waals surface area (Å²) in [5, 5.41) is 12.6. The minimum atomic E-state index is -3.55. The summed E-state index contributed by atoms with van der Waals surface area (Å²) in [6, 6.07) is 22.5. The molecule has 0 unspecified atom stereocenters. The van der Waals surface area contributed by atoms with E-state index in [0.29, 0.717) is 30.8 Å². The van der Waals surface area contributed by atoms with Gasteiger partial charge in [-0.25, -0.2) is 13.1 Å². The Balaban J connectivity index is 1.53. The molecule has 3 N–H and O–H groups in total. The number of aliphatic hydroxyl groups excluding tert-OH is 1. The second-order valence-corrected chi connectivity index (χ2v) is 12.4. The molecule has 3 aromatic carbocycles. The monoisotopic (exact) mass is 597 g/mol. The zero-order valence-corrected chi connectivity index (χ0v) is 24.4. The van der Waals surface area contributed by atoms with Crippen molar-refractivity contribution < 1.29 is 23.1 Å². The van der Waals surface area contributed by atoms with Crippen LogP contribution in [0.25, 0.3) is 0 Å². The first-order valence-corrected chi connectivity index (χ1v) is 15.7. The van der Waals surface area contributed by atoms with Gasteiger partial charge in [0.1, 0.15) is 6.04 Å². The minimum Gasteiger partial charge on any atom is -0.396 e. The average Bonchev–Trinajstić information content (AvgIpc) is 3.79. The number of sulfonamides is 1. The van der Waals surface area contributed by atoms with Crippen LogP contribution in [-0.2, 0) is 39.0 Å². The van der Waals surface area contributed by atoms with Crippen LogP contribution in [-0.4, -0.2) is 55.5 Å². The number of hydrogen-bond acceptors (Lipinski definition) is 5. The molecular formula is C31H36ClN3O5S. The highest BCUT2D eigenvalue weighted by Crippen LogP contribution is 2.23. The maximum Gasteiger partial charge on any atom is 0.243 e. The fourth-order valence-corrected chi connectivity index (χ4v) is 5.90. The van der Waals surface area contributed by atoms with Gasteiger partial charge in [0.05, 0.1) is 4.90 Å². The Morgan fingerprint density at radius 3 is 2.22 bits per heavy atom. The molecule has 1 aliphatic rings. The van der Waals surface area contributed by atoms with Gasteiger partial charge in [-0.3, -0.25) is 9.59 Å². The van der Waals surface area contributed by atoms with Crippen molar-refractivity contribution in [1.82, 2.24) is 14.9 Å². The summed E-state index contributed by atoms with van der Waals surface area (Å²) in [5.74, 6) is -0.493. The van der Waals surface area contributed by atoms with E-state index in [0.717, 1.165) is 29.5 Å². The highest BCUT2D eigenvalue weighted by molar-refractivity contribution is 7.89. The summed E-state index contributed by atoms with van der Waals surface area (Å²) >= 11 is 6.08. The standard InChI is InChI=1S/C31H36ClN3O5S/c32-26-12-7-25(8-13-26)22-35(29(31(38)33-19-4-20-36)21-24-5-2-1-3-6-24)30(37)18-11-23-9-16-28(17-10-23)41(39,40)34-27-14-15-27/h1-3,5-10,12-13,16-17,27,29,34,36H,4,11,14-15,18-22H2,(H,33,38)/t29-/m1/s1. The zero-order chi connectivity index (χ0) is 29.2. The van der Waals surface area contributed by atoms with Crippen LogP contribution in [0.15, 0.2) is 83.8 Å². The van der Waals surface area contributed by atoms with Crippen molar-refractivity contribution >= 4 is 33.4 Å². The van der Waals surface area contributed by atoms with E-state index in [1.165, 1.54) is 0 Å². The molecule has 3 aromatic rings. The fourth-order valence-electron chi connectivity index (χ4n) is 4.47. The minimum absolute atomic E-state index is 0.0218. The molecule has 8 nitrogen and oxygen atoms in total. The topological polar surface area (TPSA) is 116 Å². The lowest BCUT2D eigenvalue weighted by Gasteiger charge is -2.31. The predicted molar refractivity (Wildman–Crippen MR) is 159 cm³/mol. The smallest absolute Gasteiger partial charge is 0.243 e. The SMILES string of the molecule is O=C(NCCCO)[C@@H](Cc1ccccc1)N(Cc1ccc(Cl)cc1)C(=O)CCc1ccc(S(=O)(=O)NC2CC2)cc1. The first kappa shape index (κ1) is 30.7. The summed E-state index contributed by atoms with van der Waals surface area (Å²) in [4.78, 5) is 29.0. The molecule has 1 fully saturated rings. The predicted octanol–water partition coefficient (Wildman–Crippen LogP) is 3.85. The summed E-state index contributed by atoms with van der Waals surface area (Å²) < 4.78 is 27.7. The number of nitrogens with zero attached hydrogens (tertiary/aromatic N) is 1. The van der Waals surface area contributed by atoms with Gasteiger partial charge in [-0.15, -0.1) is 0 Å². The second-order valence-electron chi connectivity index (χ2n) is 10.3. The number of amides is 2. The van der Waals surface area contributed by atoms with Crippen molar-refractivity contribution in [2.24, 2.45) is 0 Å². The average molecular weight is 598 g/mol. The molecule has 41 heavy (non-hydrogen) atoms. The van der Waals surface area contributed by atoms with Crippen molar-refractivity contribution in [2.45, 2.75) is 62.0 Å². The Bertz CT molecular complexity index is 1400. The molecule has 0 aromatic heterocycles. The van der Waals surface area contributed by atoms with E-state index in [-0.39, 0.29) is 42.3 Å². The van der Waals surface area contributed by atoms with E-state index in [1.807, 2.05) is 42.5 Å². The molecule has 1 atom stereocenters. The highest BCUT2D eigenvalue weighted by atomic mass is 35.5. The highest BCUT2D eigenvalue weighted by Gasteiger charge is 2.30. The first-order valence-electron chi connectivity index (χ1n) is 13.8. The fraction of sp³-hybridized carbons (Fsp3) is 0.355. The van der Waals surface area contributed by atoms with Crippen molar-refractivity contribution in [3.8, 4) is 0 Å². The molecule has 0 radical (unpaired) electrons. The van der Waals surface area contributed by atoms with E-state index in [2.05, 4.69) is 10.0 Å². The lowest BCUT2D eigenvalue weighted by molar-refractivity contribution is -0.141. The third kappa shape index (κ3) is 9.39. The summed E-state index contributed by atoms with van der Waals surface area (Å²) in [5.41, 5.74) is 2.57. The number of carbonyl (C=O) groups is 2. The summed E-state index contributed by atoms with van der Waals surface area (Å²) in [6.45, 7) is 0.465. The number of carbonyl (C=O) groups excluding carboxylic acids is 2. The Morgan fingerprint density at radius 2 is 1.59 bits per heavy atom. The maximum absolute atomic E-state index is 13.8. The van der Waals surface area contributed by atoms with Crippen LogP contribution in [0.2, 0.25) is 5.02 Å². The van der Waals surface area contributed by atoms with Crippen LogP contribution >= 0.6 is 11.6 Å². The van der Waals surface area contributed by atoms with E-state index in [4.69, 9.17) is 11.6 Å². The molecule has 2 amide bonds. The summed E-state index contributed by atoms with van der Waals surface area (Å²) in [6.07, 6.45) is 2.97. The van der Waals surface area contributed by atoms with Gasteiger partial charge >= 0.3 is 0 Å². The van der Waals surface area contributed by atoms with Gasteiger partial charge < -0.3 is 15.3 Å². The molecular weight excluding hydrogens is 562 g/mol. The number of nitrogens with one attached hydrogen (secondary N) is 2. The molecule has 10 heteroatoms. The van der Waals surface area contributed by atoms with Crippen LogP contribution < -0.4 is 10.0 Å². The molecule has 0 spiro atoms. The van der Waals surface area contributed by atoms with Gasteiger partial charge in [0.15, 0.2) is 0 Å². The van der Waals surface area contributed by atoms with Gasteiger partial charge in [-0.2, -0.15) is 0 Å². The van der Waals surface area contributed by atoms with E-state index in [9.17, 15) is 23.1 Å². The number of hydrogen-bond donors (Lipinski definition) is 3. The molecule has 0 aliphatic heterocycles. The van der Waals surface area contributed by atoms with Crippen LogP contribution in [0, 0.1) is 0 Å². The van der Waals surface area contributed by atoms with Crippen molar-refractivity contribution in [2.75, 3.05) is 13.2 Å². The van der Waals surface area contributed by atoms with Gasteiger partial charge in [-0.05, 0) is 66.6 Å². The molecule has 1 saturated carbocycles. The molecule has 0 heterocycles. The zero-order valence-electron chi connectivity index (χ0n) is 22.8. The largest absolute Gasteiger partial charge is 0.396 e. The van der Waals surface area contributed by atoms with E-state index >= 15 is 0 Å². The molecule has 4 rings (SSSR count). The third-order valence-corrected chi connectivity index (χ3v) is 8.72. The Kier molecular flexibility index (Phi) is 10.9. The Morgan fingerprint density at radius 1 is 0.927 bits per heavy atom. The molecule has 1 aliphatic carbocycles. The molecule has 0 saturated heterocycles. The van der Waals surface area contributed by atoms with Gasteiger partial charge in [-0.1, -0.05) is 66.2 Å². The van der Waals surface area contributed by atoms with Crippen molar-refractivity contribution in [3.05, 3.63) is 101 Å². The van der Waals surface area contributed by atoms with Crippen LogP contribution in [0.1, 0.15) is 42.4 Å². The third-order valence-electron chi connectivity index (χ3n) is 6.93. The molecule has 218 valence electrons. The number of aliphatic hydroxyl groups is 1. The normalized spacial score (nSPS) is 13.9.